The molecular weight excluding hydrogens is 263 g/mol. The first-order valence-electron chi connectivity index (χ1n) is 4.60. The number of unbranched alkanes of at least 4 members (excludes halogenated alkanes) is 1. The van der Waals surface area contributed by atoms with E-state index in [0.29, 0.717) is 0 Å². The molecule has 0 aliphatic carbocycles. The molecule has 14 heavy (non-hydrogen) atoms. The van der Waals surface area contributed by atoms with Gasteiger partial charge in [-0.25, -0.2) is 0 Å². The quantitative estimate of drug-likeness (QED) is 0.917. The van der Waals surface area contributed by atoms with Crippen LogP contribution in [0.5, 0.6) is 0 Å². The predicted octanol–water partition coefficient (Wildman–Crippen LogP) is 3.46. The maximum atomic E-state index is 5.99. The molecule has 0 unspecified atom stereocenters. The van der Waals surface area contributed by atoms with Gasteiger partial charge in [0.05, 0.1) is 0 Å². The van der Waals surface area contributed by atoms with Crippen LogP contribution in [0.1, 0.15) is 37.8 Å². The van der Waals surface area contributed by atoms with Gasteiger partial charge in [-0.2, -0.15) is 0 Å². The van der Waals surface area contributed by atoms with Gasteiger partial charge in [0.2, 0.25) is 0 Å². The van der Waals surface area contributed by atoms with Crippen molar-refractivity contribution in [1.82, 2.24) is 4.98 Å². The first-order valence-corrected chi connectivity index (χ1v) is 5.39. The van der Waals surface area contributed by atoms with Crippen LogP contribution in [0.3, 0.4) is 0 Å². The van der Waals surface area contributed by atoms with E-state index in [1.165, 1.54) is 12.8 Å². The van der Waals surface area contributed by atoms with E-state index in [-0.39, 0.29) is 18.4 Å². The Hall–Kier alpha value is -0.120. The van der Waals surface area contributed by atoms with E-state index >= 15 is 0 Å². The molecule has 1 rings (SSSR count). The summed E-state index contributed by atoms with van der Waals surface area (Å²) in [7, 11) is 0. The van der Waals surface area contributed by atoms with Crippen LogP contribution in [-0.4, -0.2) is 4.98 Å². The number of hydrogen-bond acceptors (Lipinski definition) is 2. The molecule has 4 heteroatoms. The molecule has 0 saturated heterocycles. The Kier molecular flexibility index (Phi) is 7.15. The summed E-state index contributed by atoms with van der Waals surface area (Å²) in [5.74, 6) is 0. The maximum absolute atomic E-state index is 5.99. The van der Waals surface area contributed by atoms with Crippen LogP contribution in [-0.2, 0) is 0 Å². The van der Waals surface area contributed by atoms with E-state index in [2.05, 4.69) is 27.8 Å². The molecule has 1 aromatic rings. The Morgan fingerprint density at radius 2 is 2.21 bits per heavy atom. The highest BCUT2D eigenvalue weighted by atomic mass is 79.9. The van der Waals surface area contributed by atoms with Crippen LogP contribution in [0.2, 0.25) is 0 Å². The number of halogens is 2. The Morgan fingerprint density at radius 1 is 1.50 bits per heavy atom. The summed E-state index contributed by atoms with van der Waals surface area (Å²) in [5, 5.41) is 0. The summed E-state index contributed by atoms with van der Waals surface area (Å²) >= 11 is 3.38. The van der Waals surface area contributed by atoms with Crippen molar-refractivity contribution in [2.75, 3.05) is 0 Å². The molecule has 2 N–H and O–H groups in total. The van der Waals surface area contributed by atoms with Crippen LogP contribution in [0.15, 0.2) is 22.9 Å². The lowest BCUT2D eigenvalue weighted by atomic mass is 10.0. The number of rotatable bonds is 4. The first-order chi connectivity index (χ1) is 6.24. The minimum Gasteiger partial charge on any atom is -0.324 e. The van der Waals surface area contributed by atoms with Crippen LogP contribution in [0.25, 0.3) is 0 Å². The van der Waals surface area contributed by atoms with E-state index in [0.717, 1.165) is 16.5 Å². The first kappa shape index (κ1) is 13.9. The van der Waals surface area contributed by atoms with Crippen LogP contribution >= 0.6 is 28.3 Å². The zero-order chi connectivity index (χ0) is 9.68. The van der Waals surface area contributed by atoms with Crippen molar-refractivity contribution in [1.29, 1.82) is 0 Å². The second-order valence-corrected chi connectivity index (χ2v) is 4.10. The Morgan fingerprint density at radius 3 is 2.79 bits per heavy atom. The molecular formula is C10H16BrClN2. The number of nitrogens with zero attached hydrogens (tertiary/aromatic N) is 1. The van der Waals surface area contributed by atoms with Gasteiger partial charge in [0.15, 0.2) is 0 Å². The van der Waals surface area contributed by atoms with Crippen molar-refractivity contribution < 1.29 is 0 Å². The molecule has 0 saturated carbocycles. The van der Waals surface area contributed by atoms with E-state index < -0.39 is 0 Å². The van der Waals surface area contributed by atoms with E-state index in [1.54, 1.807) is 6.20 Å². The fourth-order valence-corrected chi connectivity index (χ4v) is 1.60. The zero-order valence-corrected chi connectivity index (χ0v) is 10.6. The minimum absolute atomic E-state index is 0. The van der Waals surface area contributed by atoms with Gasteiger partial charge in [-0.05, 0) is 34.0 Å². The second kappa shape index (κ2) is 7.21. The van der Waals surface area contributed by atoms with Gasteiger partial charge in [0, 0.05) is 22.9 Å². The van der Waals surface area contributed by atoms with Crippen molar-refractivity contribution in [3.63, 3.8) is 0 Å². The van der Waals surface area contributed by atoms with Crippen LogP contribution < -0.4 is 5.73 Å². The molecule has 0 aliphatic rings. The average molecular weight is 280 g/mol. The molecule has 0 radical (unpaired) electrons. The van der Waals surface area contributed by atoms with Gasteiger partial charge in [-0.15, -0.1) is 12.4 Å². The predicted molar refractivity (Wildman–Crippen MR) is 65.6 cm³/mol. The molecule has 0 aromatic carbocycles. The summed E-state index contributed by atoms with van der Waals surface area (Å²) in [4.78, 5) is 4.09. The van der Waals surface area contributed by atoms with E-state index in [9.17, 15) is 0 Å². The summed E-state index contributed by atoms with van der Waals surface area (Å²) in [6.07, 6.45) is 7.01. The van der Waals surface area contributed by atoms with E-state index in [4.69, 9.17) is 5.73 Å². The lowest BCUT2D eigenvalue weighted by Crippen LogP contribution is -2.10. The summed E-state index contributed by atoms with van der Waals surface area (Å²) < 4.78 is 0.997. The molecule has 1 heterocycles. The Labute approximate surface area is 99.8 Å². The van der Waals surface area contributed by atoms with Crippen molar-refractivity contribution >= 4 is 28.3 Å². The molecule has 0 aliphatic heterocycles. The molecule has 0 bridgehead atoms. The molecule has 0 spiro atoms. The van der Waals surface area contributed by atoms with Gasteiger partial charge in [0.25, 0.3) is 0 Å². The van der Waals surface area contributed by atoms with Crippen molar-refractivity contribution in [2.24, 2.45) is 5.73 Å². The number of aromatic nitrogens is 1. The second-order valence-electron chi connectivity index (χ2n) is 3.19. The number of pyridine rings is 1. The highest BCUT2D eigenvalue weighted by molar-refractivity contribution is 9.10. The molecule has 2 nitrogen and oxygen atoms in total. The van der Waals surface area contributed by atoms with Crippen LogP contribution in [0.4, 0.5) is 0 Å². The van der Waals surface area contributed by atoms with Crippen molar-refractivity contribution in [2.45, 2.75) is 32.2 Å². The highest BCUT2D eigenvalue weighted by Crippen LogP contribution is 2.18. The zero-order valence-electron chi connectivity index (χ0n) is 8.24. The Bertz CT molecular complexity index is 268. The normalized spacial score (nSPS) is 11.9. The maximum Gasteiger partial charge on any atom is 0.0410 e. The fourth-order valence-electron chi connectivity index (χ4n) is 1.22. The standard InChI is InChI=1S/C10H15BrN2.ClH/c1-2-3-4-10(12)8-5-9(11)7-13-6-8;/h5-7,10H,2-4,12H2,1H3;1H/t10-;/m0./s1. The van der Waals surface area contributed by atoms with Crippen molar-refractivity contribution in [3.05, 3.63) is 28.5 Å². The number of hydrogen-bond donors (Lipinski definition) is 1. The van der Waals surface area contributed by atoms with Gasteiger partial charge in [-0.1, -0.05) is 19.8 Å². The molecule has 1 aromatic heterocycles. The number of nitrogens with two attached hydrogens (primary N) is 1. The van der Waals surface area contributed by atoms with Gasteiger partial charge in [0.1, 0.15) is 0 Å². The summed E-state index contributed by atoms with van der Waals surface area (Å²) in [6, 6.07) is 2.16. The monoisotopic (exact) mass is 278 g/mol. The molecule has 0 amide bonds. The minimum atomic E-state index is 0. The lowest BCUT2D eigenvalue weighted by Gasteiger charge is -2.10. The Balaban J connectivity index is 0.00000169. The van der Waals surface area contributed by atoms with Gasteiger partial charge < -0.3 is 5.73 Å². The lowest BCUT2D eigenvalue weighted by molar-refractivity contribution is 0.601. The fraction of sp³-hybridized carbons (Fsp3) is 0.500. The van der Waals surface area contributed by atoms with Crippen LogP contribution in [0, 0.1) is 0 Å². The topological polar surface area (TPSA) is 38.9 Å². The van der Waals surface area contributed by atoms with Crippen molar-refractivity contribution in [3.8, 4) is 0 Å². The SMILES string of the molecule is CCCC[C@H](N)c1cncc(Br)c1.Cl. The third-order valence-electron chi connectivity index (χ3n) is 2.02. The smallest absolute Gasteiger partial charge is 0.0410 e. The third kappa shape index (κ3) is 4.40. The van der Waals surface area contributed by atoms with Gasteiger partial charge in [-0.3, -0.25) is 4.98 Å². The largest absolute Gasteiger partial charge is 0.324 e. The van der Waals surface area contributed by atoms with Gasteiger partial charge >= 0.3 is 0 Å². The highest BCUT2D eigenvalue weighted by Gasteiger charge is 2.05. The average Bonchev–Trinajstić information content (AvgIpc) is 2.14. The molecule has 1 atom stereocenters. The summed E-state index contributed by atoms with van der Waals surface area (Å²) in [5.41, 5.74) is 7.10. The summed E-state index contributed by atoms with van der Waals surface area (Å²) in [6.45, 7) is 2.17. The third-order valence-corrected chi connectivity index (χ3v) is 2.46. The van der Waals surface area contributed by atoms with E-state index in [1.807, 2.05) is 12.3 Å². The molecule has 80 valence electrons. The molecule has 0 fully saturated rings.